The van der Waals surface area contributed by atoms with Crippen molar-refractivity contribution in [3.05, 3.63) is 59.8 Å². The van der Waals surface area contributed by atoms with Crippen molar-refractivity contribution in [3.63, 3.8) is 0 Å². The summed E-state index contributed by atoms with van der Waals surface area (Å²) in [5.41, 5.74) is 1.53. The van der Waals surface area contributed by atoms with E-state index in [9.17, 15) is 12.8 Å². The minimum absolute atomic E-state index is 0.0269. The van der Waals surface area contributed by atoms with Gasteiger partial charge in [0.15, 0.2) is 9.84 Å². The van der Waals surface area contributed by atoms with Crippen LogP contribution < -0.4 is 4.74 Å². The monoisotopic (exact) mass is 613 g/mol. The fourth-order valence-corrected chi connectivity index (χ4v) is 6.72. The Morgan fingerprint density at radius 1 is 1.21 bits per heavy atom. The highest BCUT2D eigenvalue weighted by molar-refractivity contribution is 7.91. The van der Waals surface area contributed by atoms with E-state index in [1.165, 1.54) is 23.1 Å². The third-order valence-corrected chi connectivity index (χ3v) is 8.92. The summed E-state index contributed by atoms with van der Waals surface area (Å²) in [6.45, 7) is -2.39. The number of fused-ring (bicyclic) bond motifs is 3. The predicted octanol–water partition coefficient (Wildman–Crippen LogP) is 4.99. The number of sulfone groups is 1. The molecule has 1 aliphatic heterocycles. The smallest absolute Gasteiger partial charge is 0.225 e. The second kappa shape index (κ2) is 11.6. The van der Waals surface area contributed by atoms with E-state index in [-0.39, 0.29) is 52.0 Å². The standard InChI is InChI=1S/C30H32F2N6O4S/c1-18-27(37(2)36-35-18)20-15-23-26(33-16-20)25-29(24(43(3,39)40)17-34-30(25)42-12-6-11-31)38(23)28(19-9-13-41-14-10-19)21-7-4-5-8-22(21)32/h4-5,7-8,15-17,19,28H,6,9-14H2,1-3H3/t28-/m0/s1/i1D3. The van der Waals surface area contributed by atoms with Gasteiger partial charge in [-0.25, -0.2) is 22.5 Å². The Morgan fingerprint density at radius 2 is 2.00 bits per heavy atom. The maximum Gasteiger partial charge on any atom is 0.225 e. The first-order valence-electron chi connectivity index (χ1n) is 15.4. The molecule has 1 fully saturated rings. The largest absolute Gasteiger partial charge is 0.477 e. The number of benzene rings is 1. The number of pyridine rings is 2. The average molecular weight is 614 g/mol. The van der Waals surface area contributed by atoms with Crippen molar-refractivity contribution >= 4 is 31.8 Å². The minimum atomic E-state index is -3.93. The van der Waals surface area contributed by atoms with E-state index in [1.54, 1.807) is 35.9 Å². The summed E-state index contributed by atoms with van der Waals surface area (Å²) in [6, 6.07) is 7.27. The molecule has 1 atom stereocenters. The van der Waals surface area contributed by atoms with Crippen LogP contribution in [0.2, 0.25) is 0 Å². The molecule has 0 saturated carbocycles. The number of aryl methyl sites for hydroxylation is 2. The Hall–Kier alpha value is -3.97. The van der Waals surface area contributed by atoms with E-state index in [0.29, 0.717) is 48.2 Å². The molecule has 0 bridgehead atoms. The number of rotatable bonds is 9. The van der Waals surface area contributed by atoms with Gasteiger partial charge in [0.1, 0.15) is 16.2 Å². The zero-order valence-electron chi connectivity index (χ0n) is 26.6. The lowest BCUT2D eigenvalue weighted by Gasteiger charge is -2.33. The Balaban J connectivity index is 1.78. The first-order valence-corrected chi connectivity index (χ1v) is 15.7. The number of ether oxygens (including phenoxy) is 2. The fraction of sp³-hybridized carbons (Fsp3) is 0.400. The van der Waals surface area contributed by atoms with Crippen molar-refractivity contribution in [2.45, 2.75) is 37.1 Å². The van der Waals surface area contributed by atoms with Crippen molar-refractivity contribution in [2.75, 3.05) is 32.8 Å². The molecule has 0 unspecified atom stereocenters. The highest BCUT2D eigenvalue weighted by atomic mass is 32.2. The molecular formula is C30H32F2N6O4S. The Labute approximate surface area is 251 Å². The topological polar surface area (TPSA) is 114 Å². The van der Waals surface area contributed by atoms with Crippen LogP contribution in [0.1, 0.15) is 40.7 Å². The molecule has 5 heterocycles. The van der Waals surface area contributed by atoms with Crippen LogP contribution in [-0.2, 0) is 21.6 Å². The van der Waals surface area contributed by atoms with Gasteiger partial charge in [0.2, 0.25) is 5.88 Å². The van der Waals surface area contributed by atoms with Crippen molar-refractivity contribution in [2.24, 2.45) is 13.0 Å². The third-order valence-electron chi connectivity index (χ3n) is 7.82. The number of alkyl halides is 1. The molecule has 4 aromatic heterocycles. The van der Waals surface area contributed by atoms with Crippen molar-refractivity contribution in [1.82, 2.24) is 29.5 Å². The lowest BCUT2D eigenvalue weighted by Crippen LogP contribution is -2.28. The maximum absolute atomic E-state index is 15.8. The van der Waals surface area contributed by atoms with Gasteiger partial charge in [0, 0.05) is 54.4 Å². The van der Waals surface area contributed by atoms with E-state index in [1.807, 2.05) is 0 Å². The number of nitrogens with zero attached hydrogens (tertiary/aromatic N) is 6. The van der Waals surface area contributed by atoms with Crippen molar-refractivity contribution < 1.29 is 30.8 Å². The van der Waals surface area contributed by atoms with E-state index < -0.39 is 35.2 Å². The van der Waals surface area contributed by atoms with E-state index in [4.69, 9.17) is 18.6 Å². The lowest BCUT2D eigenvalue weighted by atomic mass is 9.86. The van der Waals surface area contributed by atoms with E-state index >= 15 is 4.39 Å². The summed E-state index contributed by atoms with van der Waals surface area (Å²) < 4.78 is 94.3. The predicted molar refractivity (Wildman–Crippen MR) is 157 cm³/mol. The van der Waals surface area contributed by atoms with Crippen LogP contribution >= 0.6 is 0 Å². The van der Waals surface area contributed by atoms with Gasteiger partial charge in [-0.1, -0.05) is 23.4 Å². The van der Waals surface area contributed by atoms with Crippen LogP contribution in [0.25, 0.3) is 33.2 Å². The van der Waals surface area contributed by atoms with Crippen LogP contribution in [0.4, 0.5) is 8.78 Å². The van der Waals surface area contributed by atoms with Gasteiger partial charge >= 0.3 is 0 Å². The lowest BCUT2D eigenvalue weighted by molar-refractivity contribution is 0.0548. The summed E-state index contributed by atoms with van der Waals surface area (Å²) >= 11 is 0. The Kier molecular flexibility index (Phi) is 6.89. The molecule has 0 N–H and O–H groups in total. The quantitative estimate of drug-likeness (QED) is 0.214. The molecule has 0 amide bonds. The zero-order chi connectivity index (χ0) is 32.8. The van der Waals surface area contributed by atoms with Gasteiger partial charge in [-0.05, 0) is 37.7 Å². The van der Waals surface area contributed by atoms with Crippen molar-refractivity contribution in [1.29, 1.82) is 0 Å². The number of halogens is 2. The number of hydrogen-bond donors (Lipinski definition) is 0. The van der Waals surface area contributed by atoms with Gasteiger partial charge in [-0.3, -0.25) is 9.37 Å². The zero-order valence-corrected chi connectivity index (χ0v) is 24.4. The Bertz CT molecular complexity index is 2030. The molecule has 0 spiro atoms. The highest BCUT2D eigenvalue weighted by Crippen LogP contribution is 2.45. The molecule has 13 heteroatoms. The molecule has 226 valence electrons. The molecular weight excluding hydrogens is 578 g/mol. The molecule has 1 saturated heterocycles. The van der Waals surface area contributed by atoms with Crippen LogP contribution in [0, 0.1) is 18.6 Å². The van der Waals surface area contributed by atoms with E-state index in [2.05, 4.69) is 15.3 Å². The molecule has 0 aliphatic carbocycles. The summed E-state index contributed by atoms with van der Waals surface area (Å²) in [7, 11) is -2.37. The molecule has 5 aromatic rings. The molecule has 1 aromatic carbocycles. The summed E-state index contributed by atoms with van der Waals surface area (Å²) in [4.78, 5) is 8.93. The molecule has 43 heavy (non-hydrogen) atoms. The van der Waals surface area contributed by atoms with Gasteiger partial charge < -0.3 is 14.0 Å². The number of hydrogen-bond acceptors (Lipinski definition) is 8. The molecule has 1 aliphatic rings. The summed E-state index contributed by atoms with van der Waals surface area (Å²) in [5, 5.41) is 8.09. The first kappa shape index (κ1) is 25.5. The normalized spacial score (nSPS) is 16.7. The first-order chi connectivity index (χ1) is 21.9. The SMILES string of the molecule is [2H]C([2H])([2H])c1nnn(C)c1-c1cnc2c3c(OCCCF)ncc(S(C)(=O)=O)c3n([C@H](c3ccccc3F)C3CCOCC3)c2c1. The maximum atomic E-state index is 15.8. The van der Waals surface area contributed by atoms with Crippen LogP contribution in [0.15, 0.2) is 47.6 Å². The highest BCUT2D eigenvalue weighted by Gasteiger charge is 2.35. The second-order valence-corrected chi connectivity index (χ2v) is 12.6. The molecule has 0 radical (unpaired) electrons. The molecule has 6 rings (SSSR count). The Morgan fingerprint density at radius 3 is 2.72 bits per heavy atom. The number of aromatic nitrogens is 6. The van der Waals surface area contributed by atoms with Gasteiger partial charge in [0.05, 0.1) is 53.3 Å². The molecule has 10 nitrogen and oxygen atoms in total. The second-order valence-electron chi connectivity index (χ2n) is 10.6. The van der Waals surface area contributed by atoms with Crippen LogP contribution in [0.3, 0.4) is 0 Å². The third kappa shape index (κ3) is 5.24. The van der Waals surface area contributed by atoms with Crippen LogP contribution in [-0.4, -0.2) is 70.7 Å². The van der Waals surface area contributed by atoms with Gasteiger partial charge in [-0.15, -0.1) is 5.10 Å². The van der Waals surface area contributed by atoms with Gasteiger partial charge in [-0.2, -0.15) is 0 Å². The fourth-order valence-electron chi connectivity index (χ4n) is 5.92. The van der Waals surface area contributed by atoms with E-state index in [0.717, 1.165) is 6.26 Å². The minimum Gasteiger partial charge on any atom is -0.477 e. The van der Waals surface area contributed by atoms with Gasteiger partial charge in [0.25, 0.3) is 0 Å². The summed E-state index contributed by atoms with van der Waals surface area (Å²) in [5.74, 6) is -0.626. The average Bonchev–Trinajstić information content (AvgIpc) is 3.57. The van der Waals surface area contributed by atoms with Crippen LogP contribution in [0.5, 0.6) is 5.88 Å². The summed E-state index contributed by atoms with van der Waals surface area (Å²) in [6.07, 6.45) is 4.90. The van der Waals surface area contributed by atoms with Crippen molar-refractivity contribution in [3.8, 4) is 17.1 Å².